The van der Waals surface area contributed by atoms with E-state index >= 15 is 0 Å². The summed E-state index contributed by atoms with van der Waals surface area (Å²) in [7, 11) is 1.69. The lowest BCUT2D eigenvalue weighted by molar-refractivity contribution is -0.116. The monoisotopic (exact) mass is 397 g/mol. The maximum atomic E-state index is 13.0. The van der Waals surface area contributed by atoms with E-state index in [0.717, 1.165) is 16.3 Å². The number of nitrogens with zero attached hydrogens (tertiary/aromatic N) is 2. The van der Waals surface area contributed by atoms with Crippen molar-refractivity contribution in [1.29, 1.82) is 0 Å². The van der Waals surface area contributed by atoms with E-state index in [9.17, 15) is 14.0 Å². The third-order valence-corrected chi connectivity index (χ3v) is 5.46. The van der Waals surface area contributed by atoms with Crippen LogP contribution in [0, 0.1) is 12.7 Å². The summed E-state index contributed by atoms with van der Waals surface area (Å²) < 4.78 is 13.0. The third kappa shape index (κ3) is 4.61. The Balaban J connectivity index is 1.70. The summed E-state index contributed by atoms with van der Waals surface area (Å²) in [5.41, 5.74) is 2.99. The van der Waals surface area contributed by atoms with Crippen LogP contribution in [0.4, 0.5) is 15.8 Å². The average molecular weight is 397 g/mol. The van der Waals surface area contributed by atoms with E-state index in [0.29, 0.717) is 22.7 Å². The van der Waals surface area contributed by atoms with Crippen molar-refractivity contribution >= 4 is 34.5 Å². The minimum absolute atomic E-state index is 0.0641. The van der Waals surface area contributed by atoms with Crippen LogP contribution in [0.3, 0.4) is 0 Å². The predicted octanol–water partition coefficient (Wildman–Crippen LogP) is 4.42. The van der Waals surface area contributed by atoms with E-state index in [-0.39, 0.29) is 17.6 Å². The summed E-state index contributed by atoms with van der Waals surface area (Å²) in [6.45, 7) is 3.29. The molecule has 3 rings (SSSR count). The van der Waals surface area contributed by atoms with Crippen LogP contribution in [-0.4, -0.2) is 23.8 Å². The van der Waals surface area contributed by atoms with Gasteiger partial charge in [-0.2, -0.15) is 0 Å². The molecule has 1 aromatic heterocycles. The summed E-state index contributed by atoms with van der Waals surface area (Å²) in [4.78, 5) is 30.6. The molecule has 2 aromatic carbocycles. The number of benzene rings is 2. The molecule has 3 aromatic rings. The first-order chi connectivity index (χ1) is 13.3. The largest absolute Gasteiger partial charge is 0.321 e. The van der Waals surface area contributed by atoms with Crippen molar-refractivity contribution in [3.05, 3.63) is 75.5 Å². The van der Waals surface area contributed by atoms with Gasteiger partial charge in [0.25, 0.3) is 5.91 Å². The maximum absolute atomic E-state index is 13.0. The Kier molecular flexibility index (Phi) is 5.84. The highest BCUT2D eigenvalue weighted by atomic mass is 32.1. The molecule has 0 saturated heterocycles. The summed E-state index contributed by atoms with van der Waals surface area (Å²) in [5.74, 6) is -0.571. The van der Waals surface area contributed by atoms with Gasteiger partial charge < -0.3 is 10.2 Å². The molecule has 1 heterocycles. The second-order valence-corrected chi connectivity index (χ2v) is 7.49. The van der Waals surface area contributed by atoms with Gasteiger partial charge in [0.2, 0.25) is 5.91 Å². The van der Waals surface area contributed by atoms with Crippen LogP contribution in [0.25, 0.3) is 0 Å². The molecule has 28 heavy (non-hydrogen) atoms. The number of rotatable bonds is 5. The summed E-state index contributed by atoms with van der Waals surface area (Å²) in [6.07, 6.45) is 0.547. The minimum Gasteiger partial charge on any atom is -0.321 e. The number of nitrogens with one attached hydrogen (secondary N) is 1. The fourth-order valence-corrected chi connectivity index (χ4v) is 3.65. The Hall–Kier alpha value is -3.06. The molecule has 0 fully saturated rings. The number of hydrogen-bond acceptors (Lipinski definition) is 4. The fourth-order valence-electron chi connectivity index (χ4n) is 2.65. The summed E-state index contributed by atoms with van der Waals surface area (Å²) in [6, 6.07) is 13.3. The van der Waals surface area contributed by atoms with Crippen molar-refractivity contribution in [2.24, 2.45) is 0 Å². The number of thiazole rings is 1. The number of aryl methyl sites for hydroxylation is 1. The molecule has 0 saturated carbocycles. The number of aromatic nitrogens is 1. The molecule has 5 nitrogen and oxygen atoms in total. The third-order valence-electron chi connectivity index (χ3n) is 4.30. The molecule has 2 amide bonds. The Labute approximate surface area is 166 Å². The van der Waals surface area contributed by atoms with Gasteiger partial charge in [-0.1, -0.05) is 12.1 Å². The topological polar surface area (TPSA) is 62.3 Å². The number of carbonyl (C=O) groups excluding carboxylic acids is 2. The number of amides is 2. The highest BCUT2D eigenvalue weighted by Crippen LogP contribution is 2.23. The summed E-state index contributed by atoms with van der Waals surface area (Å²) in [5, 5.41) is 3.66. The van der Waals surface area contributed by atoms with Crippen LogP contribution in [0.15, 0.2) is 48.5 Å². The van der Waals surface area contributed by atoms with Crippen molar-refractivity contribution in [1.82, 2.24) is 4.98 Å². The minimum atomic E-state index is -0.278. The lowest BCUT2D eigenvalue weighted by Crippen LogP contribution is -2.22. The molecular weight excluding hydrogens is 377 g/mol. The Morgan fingerprint density at radius 3 is 2.36 bits per heavy atom. The zero-order valence-electron chi connectivity index (χ0n) is 15.8. The van der Waals surface area contributed by atoms with Crippen LogP contribution < -0.4 is 10.2 Å². The van der Waals surface area contributed by atoms with E-state index in [1.54, 1.807) is 50.4 Å². The molecule has 0 radical (unpaired) electrons. The van der Waals surface area contributed by atoms with Crippen LogP contribution in [0.1, 0.15) is 32.9 Å². The summed E-state index contributed by atoms with van der Waals surface area (Å²) >= 11 is 1.33. The van der Waals surface area contributed by atoms with E-state index < -0.39 is 0 Å². The van der Waals surface area contributed by atoms with E-state index in [1.807, 2.05) is 0 Å². The maximum Gasteiger partial charge on any atom is 0.267 e. The van der Waals surface area contributed by atoms with Crippen molar-refractivity contribution in [2.45, 2.75) is 20.3 Å². The van der Waals surface area contributed by atoms with Crippen LogP contribution in [-0.2, 0) is 11.2 Å². The highest BCUT2D eigenvalue weighted by Gasteiger charge is 2.16. The molecule has 0 aliphatic rings. The molecule has 0 aliphatic carbocycles. The predicted molar refractivity (Wildman–Crippen MR) is 110 cm³/mol. The van der Waals surface area contributed by atoms with Gasteiger partial charge in [0.05, 0.1) is 10.7 Å². The first kappa shape index (κ1) is 19.7. The van der Waals surface area contributed by atoms with Gasteiger partial charge in [-0.25, -0.2) is 9.37 Å². The molecule has 0 spiro atoms. The molecule has 0 aliphatic heterocycles. The van der Waals surface area contributed by atoms with Crippen molar-refractivity contribution in [2.75, 3.05) is 17.3 Å². The standard InChI is InChI=1S/C21H20FN3O2S/c1-13-20(28-19(23-13)12-15-4-6-16(22)7-5-15)21(27)24-17-8-10-18(11-9-17)25(3)14(2)26/h4-11H,12H2,1-3H3,(H,24,27). The van der Waals surface area contributed by atoms with Gasteiger partial charge in [0.1, 0.15) is 10.7 Å². The van der Waals surface area contributed by atoms with Crippen LogP contribution in [0.5, 0.6) is 0 Å². The normalized spacial score (nSPS) is 10.6. The Morgan fingerprint density at radius 1 is 1.11 bits per heavy atom. The fraction of sp³-hybridized carbons (Fsp3) is 0.190. The number of hydrogen-bond donors (Lipinski definition) is 1. The Morgan fingerprint density at radius 2 is 1.75 bits per heavy atom. The van der Waals surface area contributed by atoms with Gasteiger partial charge in [0.15, 0.2) is 0 Å². The van der Waals surface area contributed by atoms with Gasteiger partial charge >= 0.3 is 0 Å². The molecule has 7 heteroatoms. The lowest BCUT2D eigenvalue weighted by Gasteiger charge is -2.15. The molecular formula is C21H20FN3O2S. The zero-order valence-corrected chi connectivity index (χ0v) is 16.6. The van der Waals surface area contributed by atoms with Gasteiger partial charge in [-0.3, -0.25) is 9.59 Å². The number of halogens is 1. The smallest absolute Gasteiger partial charge is 0.267 e. The van der Waals surface area contributed by atoms with E-state index in [2.05, 4.69) is 10.3 Å². The lowest BCUT2D eigenvalue weighted by atomic mass is 10.1. The second kappa shape index (κ2) is 8.31. The first-order valence-electron chi connectivity index (χ1n) is 8.70. The van der Waals surface area contributed by atoms with Crippen LogP contribution >= 0.6 is 11.3 Å². The second-order valence-electron chi connectivity index (χ2n) is 6.40. The number of anilines is 2. The van der Waals surface area contributed by atoms with Crippen LogP contribution in [0.2, 0.25) is 0 Å². The molecule has 1 N–H and O–H groups in total. The van der Waals surface area contributed by atoms with Gasteiger partial charge in [-0.05, 0) is 48.9 Å². The highest BCUT2D eigenvalue weighted by molar-refractivity contribution is 7.14. The average Bonchev–Trinajstić information content (AvgIpc) is 3.04. The van der Waals surface area contributed by atoms with Gasteiger partial charge in [-0.15, -0.1) is 11.3 Å². The van der Waals surface area contributed by atoms with Crippen molar-refractivity contribution < 1.29 is 14.0 Å². The SMILES string of the molecule is CC(=O)N(C)c1ccc(NC(=O)c2sc(Cc3ccc(F)cc3)nc2C)cc1. The first-order valence-corrected chi connectivity index (χ1v) is 9.51. The molecule has 144 valence electrons. The van der Waals surface area contributed by atoms with Crippen molar-refractivity contribution in [3.8, 4) is 0 Å². The quantitative estimate of drug-likeness (QED) is 0.693. The molecule has 0 bridgehead atoms. The molecule has 0 atom stereocenters. The van der Waals surface area contributed by atoms with E-state index in [1.165, 1.54) is 35.3 Å². The Bertz CT molecular complexity index is 997. The number of carbonyl (C=O) groups is 2. The molecule has 0 unspecified atom stereocenters. The zero-order chi connectivity index (χ0) is 20.3. The van der Waals surface area contributed by atoms with Crippen molar-refractivity contribution in [3.63, 3.8) is 0 Å². The van der Waals surface area contributed by atoms with E-state index in [4.69, 9.17) is 0 Å². The van der Waals surface area contributed by atoms with Gasteiger partial charge in [0, 0.05) is 31.8 Å².